The van der Waals surface area contributed by atoms with E-state index in [0.29, 0.717) is 0 Å². The van der Waals surface area contributed by atoms with Crippen LogP contribution in [0.4, 0.5) is 4.79 Å². The second-order valence-electron chi connectivity index (χ2n) is 1.05. The maximum absolute atomic E-state index is 9.26. The minimum atomic E-state index is -0.995. The summed E-state index contributed by atoms with van der Waals surface area (Å²) in [4.78, 5) is 18.4. The van der Waals surface area contributed by atoms with Crippen LogP contribution < -0.4 is 0 Å². The Morgan fingerprint density at radius 3 is 1.40 bits per heavy atom. The van der Waals surface area contributed by atoms with Crippen LogP contribution in [0.3, 0.4) is 0 Å². The third-order valence-corrected chi connectivity index (χ3v) is 0.185. The van der Waals surface area contributed by atoms with E-state index in [1.54, 1.807) is 0 Å². The van der Waals surface area contributed by atoms with Gasteiger partial charge in [0, 0.05) is 38.6 Å². The summed E-state index contributed by atoms with van der Waals surface area (Å²) in [6, 6.07) is 0. The fourth-order valence-electron chi connectivity index (χ4n) is 0. The van der Waals surface area contributed by atoms with Crippen molar-refractivity contribution in [3.63, 3.8) is 0 Å². The molecule has 0 atom stereocenters. The second kappa shape index (κ2) is 11.6. The molecule has 0 aliphatic carbocycles. The number of amides is 2. The maximum Gasteiger partial charge on any atom is 0.226 e. The minimum Gasteiger partial charge on any atom is -0.668 e. The standard InChI is InChI=1S/C2H5NO2.C2H5NO.Y/c1-5-2(3)4;1-2(3)4;/h1H3,(H2,3,4);1H3,(H2,3,4);/p-2. The van der Waals surface area contributed by atoms with Gasteiger partial charge in [-0.3, -0.25) is 4.79 Å². The van der Waals surface area contributed by atoms with Crippen LogP contribution in [-0.4, -0.2) is 19.1 Å². The summed E-state index contributed by atoms with van der Waals surface area (Å²) in [6.07, 6.45) is -0.995. The first-order valence-corrected chi connectivity index (χ1v) is 2.02. The largest absolute Gasteiger partial charge is 0.668 e. The summed E-state index contributed by atoms with van der Waals surface area (Å²) in [5.74, 6) is -0.583. The third-order valence-electron chi connectivity index (χ3n) is 0.185. The van der Waals surface area contributed by atoms with Crippen LogP contribution in [-0.2, 0) is 42.2 Å². The summed E-state index contributed by atoms with van der Waals surface area (Å²) in [5.41, 5.74) is 11.9. The van der Waals surface area contributed by atoms with Gasteiger partial charge in [-0.25, -0.2) is 0 Å². The van der Waals surface area contributed by atoms with Crippen molar-refractivity contribution in [2.24, 2.45) is 0 Å². The van der Waals surface area contributed by atoms with Gasteiger partial charge in [0.1, 0.15) is 0 Å². The van der Waals surface area contributed by atoms with Gasteiger partial charge in [0.25, 0.3) is 0 Å². The molecule has 0 aromatic rings. The van der Waals surface area contributed by atoms with E-state index in [9.17, 15) is 4.79 Å². The van der Waals surface area contributed by atoms with Gasteiger partial charge < -0.3 is 21.0 Å². The van der Waals surface area contributed by atoms with Crippen molar-refractivity contribution < 1.29 is 47.0 Å². The molecular formula is C4H8N2O3Y-2. The van der Waals surface area contributed by atoms with Gasteiger partial charge in [0.15, 0.2) is 0 Å². The van der Waals surface area contributed by atoms with Crippen LogP contribution >= 0.6 is 0 Å². The van der Waals surface area contributed by atoms with Gasteiger partial charge in [-0.2, -0.15) is 0 Å². The van der Waals surface area contributed by atoms with Crippen LogP contribution in [0, 0.1) is 0 Å². The Labute approximate surface area is 84.3 Å². The Bertz CT molecular complexity index is 103. The number of hydrogen-bond acceptors (Lipinski definition) is 3. The average Bonchev–Trinajstić information content (AvgIpc) is 1.65. The molecule has 0 unspecified atom stereocenters. The molecule has 0 aromatic carbocycles. The zero-order valence-corrected chi connectivity index (χ0v) is 8.64. The zero-order valence-electron chi connectivity index (χ0n) is 5.80. The molecule has 2 amide bonds. The molecule has 0 heterocycles. The third kappa shape index (κ3) is 108. The summed E-state index contributed by atoms with van der Waals surface area (Å²) in [7, 11) is 1.16. The van der Waals surface area contributed by atoms with Gasteiger partial charge in [0.2, 0.25) is 6.09 Å². The number of methoxy groups -OCH3 is 1. The van der Waals surface area contributed by atoms with E-state index in [1.807, 2.05) is 0 Å². The first-order valence-electron chi connectivity index (χ1n) is 2.02. The van der Waals surface area contributed by atoms with Gasteiger partial charge in [-0.1, -0.05) is 0 Å². The fourth-order valence-corrected chi connectivity index (χ4v) is 0. The smallest absolute Gasteiger partial charge is 0.226 e. The Balaban J connectivity index is -0.0000000910. The van der Waals surface area contributed by atoms with Crippen LogP contribution in [0.15, 0.2) is 0 Å². The van der Waals surface area contributed by atoms with Crippen LogP contribution in [0.25, 0.3) is 11.5 Å². The molecule has 0 fully saturated rings. The monoisotopic (exact) mass is 221 g/mol. The Morgan fingerprint density at radius 2 is 1.40 bits per heavy atom. The summed E-state index contributed by atoms with van der Waals surface area (Å²) < 4.78 is 3.78. The molecule has 2 N–H and O–H groups in total. The second-order valence-corrected chi connectivity index (χ2v) is 1.05. The summed E-state index contributed by atoms with van der Waals surface area (Å²) in [5, 5.41) is 0. The Morgan fingerprint density at radius 1 is 1.30 bits per heavy atom. The first kappa shape index (κ1) is 16.4. The number of hydrogen-bond donors (Lipinski definition) is 0. The summed E-state index contributed by atoms with van der Waals surface area (Å²) in [6.45, 7) is 1.19. The molecule has 1 radical (unpaired) electrons. The average molecular weight is 221 g/mol. The van der Waals surface area contributed by atoms with Gasteiger partial charge in [-0.05, 0) is 6.92 Å². The van der Waals surface area contributed by atoms with E-state index in [4.69, 9.17) is 16.3 Å². The van der Waals surface area contributed by atoms with Crippen molar-refractivity contribution in [1.29, 1.82) is 0 Å². The minimum absolute atomic E-state index is 0. The molecule has 0 rings (SSSR count). The molecular weight excluding hydrogens is 213 g/mol. The number of rotatable bonds is 0. The normalized spacial score (nSPS) is 5.80. The fraction of sp³-hybridized carbons (Fsp3) is 0.500. The molecule has 0 aromatic heterocycles. The van der Waals surface area contributed by atoms with Gasteiger partial charge >= 0.3 is 0 Å². The molecule has 0 spiro atoms. The van der Waals surface area contributed by atoms with Gasteiger partial charge in [0.05, 0.1) is 7.11 Å². The van der Waals surface area contributed by atoms with Crippen molar-refractivity contribution in [1.82, 2.24) is 0 Å². The van der Waals surface area contributed by atoms with Crippen LogP contribution in [0.5, 0.6) is 0 Å². The molecule has 5 nitrogen and oxygen atoms in total. The summed E-state index contributed by atoms with van der Waals surface area (Å²) >= 11 is 0. The van der Waals surface area contributed by atoms with E-state index >= 15 is 0 Å². The first-order chi connectivity index (χ1) is 4.00. The molecule has 0 saturated carbocycles. The number of carbonyl (C=O) groups is 2. The van der Waals surface area contributed by atoms with E-state index in [1.165, 1.54) is 6.92 Å². The molecule has 0 bridgehead atoms. The molecule has 0 saturated heterocycles. The van der Waals surface area contributed by atoms with E-state index < -0.39 is 12.0 Å². The van der Waals surface area contributed by atoms with Crippen molar-refractivity contribution in [2.45, 2.75) is 6.92 Å². The van der Waals surface area contributed by atoms with E-state index in [0.717, 1.165) is 7.11 Å². The van der Waals surface area contributed by atoms with E-state index in [-0.39, 0.29) is 32.7 Å². The Kier molecular flexibility index (Phi) is 19.1. The Hall–Kier alpha value is -0.156. The van der Waals surface area contributed by atoms with Crippen molar-refractivity contribution in [2.75, 3.05) is 7.11 Å². The predicted molar refractivity (Wildman–Crippen MR) is 31.7 cm³/mol. The number of ether oxygens (including phenoxy) is 1. The van der Waals surface area contributed by atoms with Crippen LogP contribution in [0.1, 0.15) is 6.92 Å². The molecule has 10 heavy (non-hydrogen) atoms. The van der Waals surface area contributed by atoms with Crippen molar-refractivity contribution in [3.05, 3.63) is 11.5 Å². The SMILES string of the molecule is CC([NH-])=O.COC([NH-])=O.[Y]. The van der Waals surface area contributed by atoms with E-state index in [2.05, 4.69) is 4.74 Å². The number of nitrogens with one attached hydrogen (secondary N) is 2. The number of carbonyl (C=O) groups excluding carboxylic acids is 2. The molecule has 6 heteroatoms. The zero-order chi connectivity index (χ0) is 7.86. The quantitative estimate of drug-likeness (QED) is 0.618. The topological polar surface area (TPSA) is 91.0 Å². The van der Waals surface area contributed by atoms with Gasteiger partial charge in [-0.15, -0.1) is 0 Å². The van der Waals surface area contributed by atoms with Crippen molar-refractivity contribution >= 4 is 12.0 Å². The predicted octanol–water partition coefficient (Wildman–Crippen LogP) is 1.39. The molecule has 57 valence electrons. The van der Waals surface area contributed by atoms with Crippen molar-refractivity contribution in [3.8, 4) is 0 Å². The van der Waals surface area contributed by atoms with Crippen LogP contribution in [0.2, 0.25) is 0 Å². The maximum atomic E-state index is 9.26. The molecule has 0 aliphatic heterocycles. The molecule has 0 aliphatic rings.